The van der Waals surface area contributed by atoms with Crippen LogP contribution in [-0.4, -0.2) is 21.8 Å². The number of H-pyrrole nitrogens is 1. The zero-order valence-corrected chi connectivity index (χ0v) is 10.0. The molecule has 3 N–H and O–H groups in total. The van der Waals surface area contributed by atoms with Gasteiger partial charge in [0, 0.05) is 18.0 Å². The summed E-state index contributed by atoms with van der Waals surface area (Å²) in [5, 5.41) is 0. The quantitative estimate of drug-likeness (QED) is 0.790. The standard InChI is InChI=1S/C11H15N3OS/c1-2-16-8-3-4-9-10(7-8)14(6-5-12)11(15)13-9/h3-4,7H,2,5-6,12H2,1H3,(H,13,15). The average molecular weight is 237 g/mol. The molecule has 0 radical (unpaired) electrons. The van der Waals surface area contributed by atoms with Gasteiger partial charge in [0.1, 0.15) is 0 Å². The molecule has 0 aliphatic heterocycles. The minimum atomic E-state index is -0.0842. The van der Waals surface area contributed by atoms with Crippen molar-refractivity contribution in [3.63, 3.8) is 0 Å². The Morgan fingerprint density at radius 1 is 1.50 bits per heavy atom. The number of nitrogens with two attached hydrogens (primary N) is 1. The molecule has 0 atom stereocenters. The van der Waals surface area contributed by atoms with Crippen molar-refractivity contribution in [2.24, 2.45) is 5.73 Å². The maximum atomic E-state index is 11.6. The molecule has 1 heterocycles. The normalized spacial score (nSPS) is 11.1. The van der Waals surface area contributed by atoms with Crippen molar-refractivity contribution < 1.29 is 0 Å². The van der Waals surface area contributed by atoms with Crippen LogP contribution < -0.4 is 11.4 Å². The molecule has 0 bridgehead atoms. The maximum Gasteiger partial charge on any atom is 0.326 e. The van der Waals surface area contributed by atoms with Gasteiger partial charge in [-0.3, -0.25) is 4.57 Å². The molecule has 0 fully saturated rings. The third kappa shape index (κ3) is 2.01. The molecular formula is C11H15N3OS. The topological polar surface area (TPSA) is 63.8 Å². The Morgan fingerprint density at radius 2 is 2.31 bits per heavy atom. The number of hydrogen-bond donors (Lipinski definition) is 2. The summed E-state index contributed by atoms with van der Waals surface area (Å²) < 4.78 is 1.69. The summed E-state index contributed by atoms with van der Waals surface area (Å²) in [6.07, 6.45) is 0. The Bertz CT molecular complexity index is 544. The maximum absolute atomic E-state index is 11.6. The van der Waals surface area contributed by atoms with E-state index >= 15 is 0 Å². The molecule has 0 spiro atoms. The lowest BCUT2D eigenvalue weighted by Gasteiger charge is -2.02. The van der Waals surface area contributed by atoms with E-state index < -0.39 is 0 Å². The Balaban J connectivity index is 2.55. The van der Waals surface area contributed by atoms with Gasteiger partial charge in [-0.05, 0) is 24.0 Å². The summed E-state index contributed by atoms with van der Waals surface area (Å²) in [6, 6.07) is 6.01. The highest BCUT2D eigenvalue weighted by atomic mass is 32.2. The summed E-state index contributed by atoms with van der Waals surface area (Å²) in [5.74, 6) is 1.02. The second-order valence-electron chi connectivity index (χ2n) is 3.48. The van der Waals surface area contributed by atoms with Crippen molar-refractivity contribution in [1.82, 2.24) is 9.55 Å². The highest BCUT2D eigenvalue weighted by Gasteiger charge is 2.06. The zero-order valence-electron chi connectivity index (χ0n) is 9.19. The number of nitrogens with zero attached hydrogens (tertiary/aromatic N) is 1. The molecule has 1 aromatic carbocycles. The molecule has 16 heavy (non-hydrogen) atoms. The number of nitrogens with one attached hydrogen (secondary N) is 1. The van der Waals surface area contributed by atoms with Crippen molar-refractivity contribution in [3.05, 3.63) is 28.7 Å². The van der Waals surface area contributed by atoms with Crippen LogP contribution in [-0.2, 0) is 6.54 Å². The van der Waals surface area contributed by atoms with E-state index in [0.717, 1.165) is 16.8 Å². The van der Waals surface area contributed by atoms with Crippen molar-refractivity contribution in [2.45, 2.75) is 18.4 Å². The van der Waals surface area contributed by atoms with E-state index in [9.17, 15) is 4.79 Å². The van der Waals surface area contributed by atoms with Crippen LogP contribution in [0, 0.1) is 0 Å². The molecule has 1 aromatic heterocycles. The summed E-state index contributed by atoms with van der Waals surface area (Å²) >= 11 is 1.77. The highest BCUT2D eigenvalue weighted by molar-refractivity contribution is 7.99. The van der Waals surface area contributed by atoms with E-state index in [0.29, 0.717) is 13.1 Å². The van der Waals surface area contributed by atoms with Gasteiger partial charge in [0.2, 0.25) is 0 Å². The zero-order chi connectivity index (χ0) is 11.5. The van der Waals surface area contributed by atoms with E-state index in [1.807, 2.05) is 18.2 Å². The number of benzene rings is 1. The molecule has 0 aliphatic carbocycles. The largest absolute Gasteiger partial charge is 0.329 e. The van der Waals surface area contributed by atoms with Crippen LogP contribution in [0.2, 0.25) is 0 Å². The monoisotopic (exact) mass is 237 g/mol. The number of hydrogen-bond acceptors (Lipinski definition) is 3. The van der Waals surface area contributed by atoms with Crippen LogP contribution in [0.15, 0.2) is 27.9 Å². The highest BCUT2D eigenvalue weighted by Crippen LogP contribution is 2.21. The Morgan fingerprint density at radius 3 is 3.00 bits per heavy atom. The molecule has 0 amide bonds. The van der Waals surface area contributed by atoms with Crippen LogP contribution in [0.4, 0.5) is 0 Å². The first-order valence-corrected chi connectivity index (χ1v) is 6.30. The number of imidazole rings is 1. The van der Waals surface area contributed by atoms with Gasteiger partial charge in [0.05, 0.1) is 11.0 Å². The fourth-order valence-electron chi connectivity index (χ4n) is 1.74. The van der Waals surface area contributed by atoms with Crippen LogP contribution in [0.3, 0.4) is 0 Å². The first kappa shape index (κ1) is 11.3. The van der Waals surface area contributed by atoms with Crippen molar-refractivity contribution in [2.75, 3.05) is 12.3 Å². The SMILES string of the molecule is CCSc1ccc2[nH]c(=O)n(CCN)c2c1. The molecule has 86 valence electrons. The van der Waals surface area contributed by atoms with Gasteiger partial charge < -0.3 is 10.7 Å². The second kappa shape index (κ2) is 4.76. The third-order valence-electron chi connectivity index (χ3n) is 2.41. The van der Waals surface area contributed by atoms with E-state index in [1.54, 1.807) is 16.3 Å². The molecule has 0 saturated carbocycles. The minimum Gasteiger partial charge on any atom is -0.329 e. The predicted molar refractivity (Wildman–Crippen MR) is 68.0 cm³/mol. The van der Waals surface area contributed by atoms with E-state index in [4.69, 9.17) is 5.73 Å². The van der Waals surface area contributed by atoms with Crippen LogP contribution in [0.25, 0.3) is 11.0 Å². The number of rotatable bonds is 4. The van der Waals surface area contributed by atoms with E-state index in [-0.39, 0.29) is 5.69 Å². The second-order valence-corrected chi connectivity index (χ2v) is 4.82. The van der Waals surface area contributed by atoms with Crippen LogP contribution >= 0.6 is 11.8 Å². The number of aromatic amines is 1. The number of thioether (sulfide) groups is 1. The summed E-state index contributed by atoms with van der Waals surface area (Å²) in [4.78, 5) is 15.6. The lowest BCUT2D eigenvalue weighted by Crippen LogP contribution is -2.21. The van der Waals surface area contributed by atoms with Gasteiger partial charge >= 0.3 is 5.69 Å². The Kier molecular flexibility index (Phi) is 3.36. The van der Waals surface area contributed by atoms with Gasteiger partial charge in [-0.25, -0.2) is 4.79 Å². The van der Waals surface area contributed by atoms with Crippen molar-refractivity contribution in [3.8, 4) is 0 Å². The molecule has 2 aromatic rings. The first-order chi connectivity index (χ1) is 7.76. The fourth-order valence-corrected chi connectivity index (χ4v) is 2.43. The minimum absolute atomic E-state index is 0.0842. The third-order valence-corrected chi connectivity index (χ3v) is 3.29. The first-order valence-electron chi connectivity index (χ1n) is 5.31. The van der Waals surface area contributed by atoms with Crippen molar-refractivity contribution >= 4 is 22.8 Å². The van der Waals surface area contributed by atoms with E-state index in [1.165, 1.54) is 4.90 Å². The molecule has 2 rings (SSSR count). The van der Waals surface area contributed by atoms with Crippen molar-refractivity contribution in [1.29, 1.82) is 0 Å². The molecule has 0 aliphatic rings. The van der Waals surface area contributed by atoms with Crippen LogP contribution in [0.1, 0.15) is 6.92 Å². The molecular weight excluding hydrogens is 222 g/mol. The average Bonchev–Trinajstić information content (AvgIpc) is 2.57. The molecule has 0 unspecified atom stereocenters. The Hall–Kier alpha value is -1.20. The summed E-state index contributed by atoms with van der Waals surface area (Å²) in [5.41, 5.74) is 7.23. The summed E-state index contributed by atoms with van der Waals surface area (Å²) in [6.45, 7) is 3.13. The fraction of sp³-hybridized carbons (Fsp3) is 0.364. The molecule has 5 heteroatoms. The lowest BCUT2D eigenvalue weighted by atomic mass is 10.3. The summed E-state index contributed by atoms with van der Waals surface area (Å²) in [7, 11) is 0. The van der Waals surface area contributed by atoms with Gasteiger partial charge in [0.25, 0.3) is 0 Å². The van der Waals surface area contributed by atoms with Gasteiger partial charge in [-0.2, -0.15) is 0 Å². The lowest BCUT2D eigenvalue weighted by molar-refractivity contribution is 0.702. The van der Waals surface area contributed by atoms with E-state index in [2.05, 4.69) is 11.9 Å². The van der Waals surface area contributed by atoms with Gasteiger partial charge in [-0.15, -0.1) is 11.8 Å². The van der Waals surface area contributed by atoms with Crippen LogP contribution in [0.5, 0.6) is 0 Å². The number of fused-ring (bicyclic) bond motifs is 1. The number of aromatic nitrogens is 2. The Labute approximate surface area is 97.8 Å². The predicted octanol–water partition coefficient (Wildman–Crippen LogP) is 1.40. The molecule has 0 saturated heterocycles. The molecule has 4 nitrogen and oxygen atoms in total. The van der Waals surface area contributed by atoms with Gasteiger partial charge in [0.15, 0.2) is 0 Å². The smallest absolute Gasteiger partial charge is 0.326 e. The van der Waals surface area contributed by atoms with Gasteiger partial charge in [-0.1, -0.05) is 6.92 Å².